The minimum atomic E-state index is -0.595. The van der Waals surface area contributed by atoms with E-state index in [2.05, 4.69) is 5.32 Å². The van der Waals surface area contributed by atoms with Crippen LogP contribution in [0.2, 0.25) is 0 Å². The van der Waals surface area contributed by atoms with Crippen LogP contribution in [-0.4, -0.2) is 11.9 Å². The van der Waals surface area contributed by atoms with Gasteiger partial charge in [-0.05, 0) is 24.3 Å². The number of hydrogen-bond acceptors (Lipinski definition) is 3. The van der Waals surface area contributed by atoms with Gasteiger partial charge in [0.25, 0.3) is 0 Å². The maximum atomic E-state index is 13.1. The summed E-state index contributed by atoms with van der Waals surface area (Å²) in [6.45, 7) is 0. The number of hydrogen-bond donors (Lipinski definition) is 1. The zero-order valence-electron chi connectivity index (χ0n) is 11.0. The number of rotatable bonds is 3. The molecule has 106 valence electrons. The molecule has 0 aliphatic carbocycles. The highest BCUT2D eigenvalue weighted by atomic mass is 19.1. The van der Waals surface area contributed by atoms with E-state index in [4.69, 9.17) is 4.74 Å². The molecule has 0 fully saturated rings. The van der Waals surface area contributed by atoms with E-state index in [1.807, 2.05) is 0 Å². The van der Waals surface area contributed by atoms with Crippen LogP contribution in [0.25, 0.3) is 0 Å². The number of amides is 1. The lowest BCUT2D eigenvalue weighted by molar-refractivity contribution is -0.118. The zero-order chi connectivity index (χ0) is 14.8. The van der Waals surface area contributed by atoms with Gasteiger partial charge in [-0.3, -0.25) is 4.79 Å². The van der Waals surface area contributed by atoms with Crippen molar-refractivity contribution in [2.45, 2.75) is 12.5 Å². The normalized spacial score (nSPS) is 16.2. The van der Waals surface area contributed by atoms with Crippen molar-refractivity contribution < 1.29 is 18.7 Å². The van der Waals surface area contributed by atoms with Gasteiger partial charge in [-0.15, -0.1) is 0 Å². The lowest BCUT2D eigenvalue weighted by Gasteiger charge is -2.11. The maximum absolute atomic E-state index is 13.1. The monoisotopic (exact) mass is 285 g/mol. The van der Waals surface area contributed by atoms with Crippen LogP contribution < -0.4 is 5.32 Å². The van der Waals surface area contributed by atoms with Crippen molar-refractivity contribution >= 4 is 17.6 Å². The van der Waals surface area contributed by atoms with Crippen LogP contribution in [0.5, 0.6) is 0 Å². The van der Waals surface area contributed by atoms with Gasteiger partial charge in [0, 0.05) is 11.3 Å². The number of esters is 1. The SMILES string of the molecule is O=C(C[C@H]1OC(=O)c2ccccc21)Nc1cccc(F)c1. The number of benzene rings is 2. The Labute approximate surface area is 120 Å². The molecule has 2 aromatic rings. The van der Waals surface area contributed by atoms with Crippen LogP contribution >= 0.6 is 0 Å². The molecule has 1 aliphatic heterocycles. The Morgan fingerprint density at radius 3 is 2.81 bits per heavy atom. The summed E-state index contributed by atoms with van der Waals surface area (Å²) in [5, 5.41) is 2.59. The highest BCUT2D eigenvalue weighted by Gasteiger charge is 2.31. The molecule has 1 N–H and O–H groups in total. The first-order chi connectivity index (χ1) is 10.1. The summed E-state index contributed by atoms with van der Waals surface area (Å²) in [4.78, 5) is 23.6. The Morgan fingerprint density at radius 1 is 1.19 bits per heavy atom. The van der Waals surface area contributed by atoms with E-state index in [1.165, 1.54) is 18.2 Å². The molecule has 0 aromatic heterocycles. The molecule has 1 aliphatic rings. The molecule has 1 heterocycles. The van der Waals surface area contributed by atoms with Crippen molar-refractivity contribution in [2.75, 3.05) is 5.32 Å². The van der Waals surface area contributed by atoms with E-state index < -0.39 is 17.9 Å². The predicted octanol–water partition coefficient (Wildman–Crippen LogP) is 3.07. The molecular weight excluding hydrogens is 273 g/mol. The van der Waals surface area contributed by atoms with Crippen molar-refractivity contribution in [3.63, 3.8) is 0 Å². The summed E-state index contributed by atoms with van der Waals surface area (Å²) in [5.41, 5.74) is 1.57. The third-order valence-corrected chi connectivity index (χ3v) is 3.26. The summed E-state index contributed by atoms with van der Waals surface area (Å²) in [6, 6.07) is 12.6. The highest BCUT2D eigenvalue weighted by Crippen LogP contribution is 2.32. The lowest BCUT2D eigenvalue weighted by Crippen LogP contribution is -2.15. The average Bonchev–Trinajstić information content (AvgIpc) is 2.76. The molecule has 0 saturated heterocycles. The van der Waals surface area contributed by atoms with Gasteiger partial charge in [0.2, 0.25) is 5.91 Å². The highest BCUT2D eigenvalue weighted by molar-refractivity contribution is 5.96. The fourth-order valence-corrected chi connectivity index (χ4v) is 2.32. The standard InChI is InChI=1S/C16H12FNO3/c17-10-4-3-5-11(8-10)18-15(19)9-14-12-6-1-2-7-13(12)16(20)21-14/h1-8,14H,9H2,(H,18,19)/t14-/m1/s1. The second-order valence-corrected chi connectivity index (χ2v) is 4.74. The molecule has 21 heavy (non-hydrogen) atoms. The first-order valence-electron chi connectivity index (χ1n) is 6.49. The summed E-state index contributed by atoms with van der Waals surface area (Å²) >= 11 is 0. The predicted molar refractivity (Wildman–Crippen MR) is 74.2 cm³/mol. The Bertz CT molecular complexity index is 714. The van der Waals surface area contributed by atoms with Gasteiger partial charge in [0.1, 0.15) is 11.9 Å². The summed E-state index contributed by atoms with van der Waals surface area (Å²) in [5.74, 6) is -1.19. The molecule has 0 unspecified atom stereocenters. The quantitative estimate of drug-likeness (QED) is 0.882. The zero-order valence-corrected chi connectivity index (χ0v) is 11.0. The van der Waals surface area contributed by atoms with Crippen molar-refractivity contribution in [3.8, 4) is 0 Å². The van der Waals surface area contributed by atoms with Crippen molar-refractivity contribution in [2.24, 2.45) is 0 Å². The number of carbonyl (C=O) groups is 2. The molecule has 4 nitrogen and oxygen atoms in total. The Balaban J connectivity index is 1.70. The van der Waals surface area contributed by atoms with Gasteiger partial charge < -0.3 is 10.1 Å². The van der Waals surface area contributed by atoms with Crippen LogP contribution in [0.1, 0.15) is 28.4 Å². The van der Waals surface area contributed by atoms with Gasteiger partial charge in [0.15, 0.2) is 0 Å². The molecule has 0 saturated carbocycles. The lowest BCUT2D eigenvalue weighted by atomic mass is 10.0. The van der Waals surface area contributed by atoms with Gasteiger partial charge in [0.05, 0.1) is 12.0 Å². The van der Waals surface area contributed by atoms with Gasteiger partial charge >= 0.3 is 5.97 Å². The molecular formula is C16H12FNO3. The van der Waals surface area contributed by atoms with Gasteiger partial charge in [-0.1, -0.05) is 24.3 Å². The van der Waals surface area contributed by atoms with Gasteiger partial charge in [-0.2, -0.15) is 0 Å². The largest absolute Gasteiger partial charge is 0.453 e. The number of halogens is 1. The smallest absolute Gasteiger partial charge is 0.339 e. The molecule has 0 spiro atoms. The van der Waals surface area contributed by atoms with Crippen LogP contribution in [0, 0.1) is 5.82 Å². The molecule has 3 rings (SSSR count). The summed E-state index contributed by atoms with van der Waals surface area (Å²) in [6.07, 6.45) is -0.596. The first-order valence-corrected chi connectivity index (χ1v) is 6.49. The van der Waals surface area contributed by atoms with Crippen molar-refractivity contribution in [1.82, 2.24) is 0 Å². The fourth-order valence-electron chi connectivity index (χ4n) is 2.32. The molecule has 2 aromatic carbocycles. The number of anilines is 1. The Hall–Kier alpha value is -2.69. The van der Waals surface area contributed by atoms with Crippen LogP contribution in [0.15, 0.2) is 48.5 Å². The van der Waals surface area contributed by atoms with E-state index in [0.29, 0.717) is 16.8 Å². The van der Waals surface area contributed by atoms with Crippen LogP contribution in [0.4, 0.5) is 10.1 Å². The fraction of sp³-hybridized carbons (Fsp3) is 0.125. The van der Waals surface area contributed by atoms with Crippen LogP contribution in [-0.2, 0) is 9.53 Å². The number of ether oxygens (including phenoxy) is 1. The Morgan fingerprint density at radius 2 is 2.00 bits per heavy atom. The van der Waals surface area contributed by atoms with Gasteiger partial charge in [-0.25, -0.2) is 9.18 Å². The van der Waals surface area contributed by atoms with E-state index in [9.17, 15) is 14.0 Å². The third-order valence-electron chi connectivity index (χ3n) is 3.26. The van der Waals surface area contributed by atoms with E-state index in [-0.39, 0.29) is 12.3 Å². The summed E-state index contributed by atoms with van der Waals surface area (Å²) in [7, 11) is 0. The number of fused-ring (bicyclic) bond motifs is 1. The van der Waals surface area contributed by atoms with E-state index >= 15 is 0 Å². The second kappa shape index (κ2) is 5.36. The summed E-state index contributed by atoms with van der Waals surface area (Å²) < 4.78 is 18.2. The van der Waals surface area contributed by atoms with E-state index in [0.717, 1.165) is 0 Å². The molecule has 5 heteroatoms. The molecule has 0 radical (unpaired) electrons. The minimum Gasteiger partial charge on any atom is -0.453 e. The van der Waals surface area contributed by atoms with Crippen molar-refractivity contribution in [3.05, 3.63) is 65.5 Å². The first kappa shape index (κ1) is 13.3. The maximum Gasteiger partial charge on any atom is 0.339 e. The number of nitrogens with one attached hydrogen (secondary N) is 1. The van der Waals surface area contributed by atoms with E-state index in [1.54, 1.807) is 30.3 Å². The topological polar surface area (TPSA) is 55.4 Å². The molecule has 0 bridgehead atoms. The van der Waals surface area contributed by atoms with Crippen molar-refractivity contribution in [1.29, 1.82) is 0 Å². The third kappa shape index (κ3) is 2.76. The minimum absolute atomic E-state index is 0.000728. The molecule has 1 atom stereocenters. The Kier molecular flexibility index (Phi) is 3.39. The molecule has 1 amide bonds. The van der Waals surface area contributed by atoms with Crippen LogP contribution in [0.3, 0.4) is 0 Å². The number of carbonyl (C=O) groups excluding carboxylic acids is 2. The second-order valence-electron chi connectivity index (χ2n) is 4.74. The average molecular weight is 285 g/mol. The number of cyclic esters (lactones) is 1.